The predicted molar refractivity (Wildman–Crippen MR) is 75.6 cm³/mol. The molecule has 2 rings (SSSR count). The van der Waals surface area contributed by atoms with Gasteiger partial charge in [-0.05, 0) is 12.1 Å². The fraction of sp³-hybridized carbons (Fsp3) is 0.0833. The van der Waals surface area contributed by atoms with Gasteiger partial charge in [-0.15, -0.1) is 11.3 Å². The number of hydrogen-bond donors (Lipinski definition) is 2. The number of rotatable bonds is 4. The zero-order chi connectivity index (χ0) is 13.0. The fourth-order valence-electron chi connectivity index (χ4n) is 1.38. The second-order valence-electron chi connectivity index (χ2n) is 3.60. The second kappa shape index (κ2) is 5.70. The monoisotopic (exact) mass is 277 g/mol. The van der Waals surface area contributed by atoms with E-state index in [1.165, 1.54) is 11.3 Å². The summed E-state index contributed by atoms with van der Waals surface area (Å²) in [4.78, 5) is 16.2. The van der Waals surface area contributed by atoms with Gasteiger partial charge in [-0.1, -0.05) is 24.4 Å². The van der Waals surface area contributed by atoms with Crippen molar-refractivity contribution in [2.75, 3.05) is 0 Å². The average Bonchev–Trinajstić information content (AvgIpc) is 2.89. The van der Waals surface area contributed by atoms with E-state index in [1.807, 2.05) is 5.38 Å². The van der Waals surface area contributed by atoms with Gasteiger partial charge in [0.1, 0.15) is 4.99 Å². The normalized spacial score (nSPS) is 10.0. The Bertz CT molecular complexity index is 549. The smallest absolute Gasteiger partial charge is 0.251 e. The van der Waals surface area contributed by atoms with E-state index < -0.39 is 0 Å². The molecule has 1 amide bonds. The van der Waals surface area contributed by atoms with Crippen LogP contribution in [0.5, 0.6) is 0 Å². The van der Waals surface area contributed by atoms with Crippen LogP contribution in [0.4, 0.5) is 0 Å². The highest BCUT2D eigenvalue weighted by atomic mass is 32.1. The number of carbonyl (C=O) groups is 1. The lowest BCUT2D eigenvalue weighted by atomic mass is 10.1. The van der Waals surface area contributed by atoms with E-state index in [1.54, 1.807) is 29.8 Å². The Morgan fingerprint density at radius 3 is 2.56 bits per heavy atom. The first-order valence-corrected chi connectivity index (χ1v) is 6.57. The number of carbonyl (C=O) groups excluding carboxylic acids is 1. The van der Waals surface area contributed by atoms with Gasteiger partial charge >= 0.3 is 0 Å². The molecule has 0 bridgehead atoms. The molecule has 0 spiro atoms. The standard InChI is InChI=1S/C12H11N3OS2/c13-11(17)8-1-3-9(4-2-8)12(16)14-5-10-6-18-7-15-10/h1-4,6-7H,5H2,(H2,13,17)(H,14,16). The molecular formula is C12H11N3OS2. The number of aromatic nitrogens is 1. The van der Waals surface area contributed by atoms with Crippen LogP contribution in [-0.4, -0.2) is 15.9 Å². The SMILES string of the molecule is NC(=S)c1ccc(C(=O)NCc2cscn2)cc1. The Balaban J connectivity index is 1.98. The summed E-state index contributed by atoms with van der Waals surface area (Å²) < 4.78 is 0. The van der Waals surface area contributed by atoms with Crippen molar-refractivity contribution >= 4 is 34.5 Å². The van der Waals surface area contributed by atoms with Crippen LogP contribution in [0.25, 0.3) is 0 Å². The minimum absolute atomic E-state index is 0.141. The number of nitrogens with two attached hydrogens (primary N) is 1. The van der Waals surface area contributed by atoms with E-state index in [4.69, 9.17) is 18.0 Å². The van der Waals surface area contributed by atoms with E-state index in [9.17, 15) is 4.79 Å². The molecule has 0 aliphatic rings. The van der Waals surface area contributed by atoms with Gasteiger partial charge in [-0.3, -0.25) is 4.79 Å². The van der Waals surface area contributed by atoms with Crippen LogP contribution < -0.4 is 11.1 Å². The minimum atomic E-state index is -0.141. The third-order valence-electron chi connectivity index (χ3n) is 2.35. The molecule has 6 heteroatoms. The molecule has 0 aliphatic heterocycles. The van der Waals surface area contributed by atoms with E-state index in [2.05, 4.69) is 10.3 Å². The van der Waals surface area contributed by atoms with Crippen LogP contribution in [0.2, 0.25) is 0 Å². The van der Waals surface area contributed by atoms with Crippen molar-refractivity contribution in [3.63, 3.8) is 0 Å². The van der Waals surface area contributed by atoms with Gasteiger partial charge in [0, 0.05) is 16.5 Å². The summed E-state index contributed by atoms with van der Waals surface area (Å²) in [5.74, 6) is -0.141. The number of benzene rings is 1. The summed E-state index contributed by atoms with van der Waals surface area (Å²) in [6, 6.07) is 6.87. The first kappa shape index (κ1) is 12.7. The quantitative estimate of drug-likeness (QED) is 0.835. The Morgan fingerprint density at radius 1 is 1.33 bits per heavy atom. The Morgan fingerprint density at radius 2 is 2.00 bits per heavy atom. The van der Waals surface area contributed by atoms with Crippen LogP contribution in [-0.2, 0) is 6.54 Å². The van der Waals surface area contributed by atoms with E-state index in [0.29, 0.717) is 17.1 Å². The van der Waals surface area contributed by atoms with Crippen molar-refractivity contribution in [3.8, 4) is 0 Å². The summed E-state index contributed by atoms with van der Waals surface area (Å²) in [6.45, 7) is 0.430. The van der Waals surface area contributed by atoms with Crippen molar-refractivity contribution < 1.29 is 4.79 Å². The van der Waals surface area contributed by atoms with Gasteiger partial charge in [0.25, 0.3) is 5.91 Å². The summed E-state index contributed by atoms with van der Waals surface area (Å²) in [5, 5.41) is 4.69. The van der Waals surface area contributed by atoms with Gasteiger partial charge in [-0.2, -0.15) is 0 Å². The fourth-order valence-corrected chi connectivity index (χ4v) is 2.08. The van der Waals surface area contributed by atoms with Crippen LogP contribution in [0.15, 0.2) is 35.2 Å². The molecule has 1 heterocycles. The van der Waals surface area contributed by atoms with E-state index in [-0.39, 0.29) is 5.91 Å². The van der Waals surface area contributed by atoms with E-state index >= 15 is 0 Å². The molecule has 2 aromatic rings. The highest BCUT2D eigenvalue weighted by molar-refractivity contribution is 7.80. The molecule has 1 aromatic carbocycles. The zero-order valence-electron chi connectivity index (χ0n) is 9.42. The van der Waals surface area contributed by atoms with Gasteiger partial charge < -0.3 is 11.1 Å². The summed E-state index contributed by atoms with van der Waals surface area (Å²) in [5.41, 5.74) is 9.40. The Kier molecular flexibility index (Phi) is 4.01. The second-order valence-corrected chi connectivity index (χ2v) is 4.76. The maximum Gasteiger partial charge on any atom is 0.251 e. The zero-order valence-corrected chi connectivity index (χ0v) is 11.1. The molecule has 4 nitrogen and oxygen atoms in total. The molecule has 0 saturated heterocycles. The molecule has 0 unspecified atom stereocenters. The number of nitrogens with one attached hydrogen (secondary N) is 1. The van der Waals surface area contributed by atoms with Crippen LogP contribution >= 0.6 is 23.6 Å². The molecule has 0 saturated carbocycles. The molecule has 18 heavy (non-hydrogen) atoms. The third-order valence-corrected chi connectivity index (χ3v) is 3.22. The lowest BCUT2D eigenvalue weighted by Gasteiger charge is -2.04. The summed E-state index contributed by atoms with van der Waals surface area (Å²) >= 11 is 6.35. The lowest BCUT2D eigenvalue weighted by molar-refractivity contribution is 0.0950. The Labute approximate surface area is 114 Å². The molecule has 1 aromatic heterocycles. The van der Waals surface area contributed by atoms with Gasteiger partial charge in [0.05, 0.1) is 17.7 Å². The maximum absolute atomic E-state index is 11.8. The minimum Gasteiger partial charge on any atom is -0.389 e. The van der Waals surface area contributed by atoms with Crippen LogP contribution in [0.1, 0.15) is 21.6 Å². The molecule has 0 atom stereocenters. The molecule has 0 aliphatic carbocycles. The number of nitrogens with zero attached hydrogens (tertiary/aromatic N) is 1. The van der Waals surface area contributed by atoms with Crippen LogP contribution in [0.3, 0.4) is 0 Å². The highest BCUT2D eigenvalue weighted by Crippen LogP contribution is 2.05. The molecular weight excluding hydrogens is 266 g/mol. The van der Waals surface area contributed by atoms with Crippen molar-refractivity contribution in [1.82, 2.24) is 10.3 Å². The van der Waals surface area contributed by atoms with Crippen molar-refractivity contribution in [2.24, 2.45) is 5.73 Å². The van der Waals surface area contributed by atoms with Crippen molar-refractivity contribution in [1.29, 1.82) is 0 Å². The average molecular weight is 277 g/mol. The van der Waals surface area contributed by atoms with Gasteiger partial charge in [0.15, 0.2) is 0 Å². The molecule has 3 N–H and O–H groups in total. The topological polar surface area (TPSA) is 68.0 Å². The number of thiazole rings is 1. The molecule has 0 radical (unpaired) electrons. The Hall–Kier alpha value is -1.79. The number of thiocarbonyl (C=S) groups is 1. The maximum atomic E-state index is 11.8. The van der Waals surface area contributed by atoms with Gasteiger partial charge in [-0.25, -0.2) is 4.98 Å². The predicted octanol–water partition coefficient (Wildman–Crippen LogP) is 1.71. The highest BCUT2D eigenvalue weighted by Gasteiger charge is 2.06. The first-order valence-electron chi connectivity index (χ1n) is 5.22. The summed E-state index contributed by atoms with van der Waals surface area (Å²) in [7, 11) is 0. The first-order chi connectivity index (χ1) is 8.66. The third kappa shape index (κ3) is 3.12. The molecule has 0 fully saturated rings. The number of hydrogen-bond acceptors (Lipinski definition) is 4. The van der Waals surface area contributed by atoms with Crippen molar-refractivity contribution in [3.05, 3.63) is 52.0 Å². The van der Waals surface area contributed by atoms with Gasteiger partial charge in [0.2, 0.25) is 0 Å². The van der Waals surface area contributed by atoms with E-state index in [0.717, 1.165) is 11.3 Å². The van der Waals surface area contributed by atoms with Crippen molar-refractivity contribution in [2.45, 2.75) is 6.54 Å². The summed E-state index contributed by atoms with van der Waals surface area (Å²) in [6.07, 6.45) is 0. The lowest BCUT2D eigenvalue weighted by Crippen LogP contribution is -2.23. The van der Waals surface area contributed by atoms with Crippen LogP contribution in [0, 0.1) is 0 Å². The largest absolute Gasteiger partial charge is 0.389 e. The number of amides is 1. The molecule has 92 valence electrons.